The van der Waals surface area contributed by atoms with Crippen molar-refractivity contribution in [3.8, 4) is 0 Å². The number of morpholine rings is 1. The summed E-state index contributed by atoms with van der Waals surface area (Å²) < 4.78 is 5.85. The Morgan fingerprint density at radius 3 is 3.00 bits per heavy atom. The molecule has 3 rings (SSSR count). The first-order valence-corrected chi connectivity index (χ1v) is 8.21. The zero-order valence-corrected chi connectivity index (χ0v) is 13.8. The minimum atomic E-state index is -0.173. The van der Waals surface area contributed by atoms with E-state index in [-0.39, 0.29) is 17.9 Å². The molecule has 2 heterocycles. The summed E-state index contributed by atoms with van der Waals surface area (Å²) in [6.45, 7) is 1.80. The van der Waals surface area contributed by atoms with E-state index in [9.17, 15) is 4.79 Å². The molecule has 1 aliphatic heterocycles. The fourth-order valence-electron chi connectivity index (χ4n) is 3.06. The van der Waals surface area contributed by atoms with E-state index in [0.29, 0.717) is 25.6 Å². The molecule has 6 heteroatoms. The zero-order chi connectivity index (χ0) is 16.2. The van der Waals surface area contributed by atoms with Crippen LogP contribution in [0.15, 0.2) is 24.4 Å². The molecule has 0 saturated carbocycles. The summed E-state index contributed by atoms with van der Waals surface area (Å²) in [5.41, 5.74) is 0.838. The second-order valence-corrected chi connectivity index (χ2v) is 6.30. The molecule has 0 radical (unpaired) electrons. The van der Waals surface area contributed by atoms with Gasteiger partial charge in [0.25, 0.3) is 0 Å². The van der Waals surface area contributed by atoms with E-state index in [1.165, 1.54) is 0 Å². The first-order valence-electron chi connectivity index (χ1n) is 8.21. The predicted molar refractivity (Wildman–Crippen MR) is 88.1 cm³/mol. The summed E-state index contributed by atoms with van der Waals surface area (Å²) in [5, 5.41) is 0. The van der Waals surface area contributed by atoms with Crippen molar-refractivity contribution in [2.75, 3.05) is 38.7 Å². The van der Waals surface area contributed by atoms with Crippen molar-refractivity contribution >= 4 is 11.9 Å². The van der Waals surface area contributed by atoms with Crippen molar-refractivity contribution in [1.29, 1.82) is 0 Å². The maximum absolute atomic E-state index is 12.7. The van der Waals surface area contributed by atoms with E-state index in [1.54, 1.807) is 6.20 Å². The molecule has 1 amide bonds. The number of anilines is 1. The molecule has 0 bridgehead atoms. The summed E-state index contributed by atoms with van der Waals surface area (Å²) in [6, 6.07) is 1.87. The third-order valence-electron chi connectivity index (χ3n) is 4.39. The second kappa shape index (κ2) is 7.08. The number of carbonyl (C=O) groups is 1. The van der Waals surface area contributed by atoms with Crippen molar-refractivity contribution in [2.45, 2.75) is 25.4 Å². The van der Waals surface area contributed by atoms with Crippen molar-refractivity contribution in [2.24, 2.45) is 5.92 Å². The van der Waals surface area contributed by atoms with Gasteiger partial charge in [0.05, 0.1) is 18.8 Å². The smallest absolute Gasteiger partial charge is 0.226 e. The lowest BCUT2D eigenvalue weighted by Crippen LogP contribution is -2.45. The highest BCUT2D eigenvalue weighted by molar-refractivity contribution is 5.79. The van der Waals surface area contributed by atoms with E-state index < -0.39 is 0 Å². The number of rotatable bonds is 3. The van der Waals surface area contributed by atoms with Crippen molar-refractivity contribution in [3.63, 3.8) is 0 Å². The largest absolute Gasteiger partial charge is 0.368 e. The number of ether oxygens (including phenoxy) is 1. The lowest BCUT2D eigenvalue weighted by Gasteiger charge is -2.35. The second-order valence-electron chi connectivity index (χ2n) is 6.30. The number of nitrogens with zero attached hydrogens (tertiary/aromatic N) is 4. The van der Waals surface area contributed by atoms with Gasteiger partial charge in [-0.2, -0.15) is 0 Å². The lowest BCUT2D eigenvalue weighted by molar-refractivity contribution is -0.143. The van der Waals surface area contributed by atoms with Gasteiger partial charge in [-0.05, 0) is 25.3 Å². The Bertz CT molecular complexity index is 588. The maximum atomic E-state index is 12.7. The molecule has 1 aromatic rings. The summed E-state index contributed by atoms with van der Waals surface area (Å²) in [5.74, 6) is 1.04. The van der Waals surface area contributed by atoms with Crippen LogP contribution in [0.2, 0.25) is 0 Å². The van der Waals surface area contributed by atoms with Crippen molar-refractivity contribution < 1.29 is 9.53 Å². The quantitative estimate of drug-likeness (QED) is 0.796. The molecular weight excluding hydrogens is 292 g/mol. The van der Waals surface area contributed by atoms with Gasteiger partial charge in [-0.3, -0.25) is 4.79 Å². The highest BCUT2D eigenvalue weighted by Crippen LogP contribution is 2.26. The van der Waals surface area contributed by atoms with Gasteiger partial charge in [0, 0.05) is 32.8 Å². The Hall–Kier alpha value is -1.95. The van der Waals surface area contributed by atoms with Crippen LogP contribution in [-0.4, -0.2) is 54.6 Å². The molecule has 1 aliphatic carbocycles. The van der Waals surface area contributed by atoms with Crippen LogP contribution in [0, 0.1) is 5.92 Å². The van der Waals surface area contributed by atoms with E-state index in [0.717, 1.165) is 25.0 Å². The molecule has 2 aliphatic rings. The van der Waals surface area contributed by atoms with Crippen molar-refractivity contribution in [1.82, 2.24) is 14.9 Å². The average Bonchev–Trinajstić information content (AvgIpc) is 2.62. The highest BCUT2D eigenvalue weighted by atomic mass is 16.5. The minimum Gasteiger partial charge on any atom is -0.368 e. The van der Waals surface area contributed by atoms with Crippen LogP contribution in [0.25, 0.3) is 0 Å². The SMILES string of the molecule is CN(C)c1nccc([C@H]2CN(C(=O)[C@H]3CC=CCC3)CCO2)n1. The third-order valence-corrected chi connectivity index (χ3v) is 4.39. The molecule has 124 valence electrons. The van der Waals surface area contributed by atoms with Gasteiger partial charge < -0.3 is 14.5 Å². The number of aromatic nitrogens is 2. The molecule has 1 fully saturated rings. The molecule has 1 saturated heterocycles. The first-order chi connectivity index (χ1) is 11.1. The fraction of sp³-hybridized carbons (Fsp3) is 0.588. The van der Waals surface area contributed by atoms with Gasteiger partial charge in [-0.25, -0.2) is 9.97 Å². The van der Waals surface area contributed by atoms with Gasteiger partial charge in [-0.15, -0.1) is 0 Å². The number of hydrogen-bond donors (Lipinski definition) is 0. The fourth-order valence-corrected chi connectivity index (χ4v) is 3.06. The van der Waals surface area contributed by atoms with E-state index in [2.05, 4.69) is 22.1 Å². The monoisotopic (exact) mass is 316 g/mol. The topological polar surface area (TPSA) is 58.6 Å². The Morgan fingerprint density at radius 2 is 2.26 bits per heavy atom. The molecule has 0 spiro atoms. The van der Waals surface area contributed by atoms with E-state index in [1.807, 2.05) is 30.0 Å². The molecule has 0 unspecified atom stereocenters. The highest BCUT2D eigenvalue weighted by Gasteiger charge is 2.30. The maximum Gasteiger partial charge on any atom is 0.226 e. The molecule has 0 N–H and O–H groups in total. The number of hydrogen-bond acceptors (Lipinski definition) is 5. The molecule has 23 heavy (non-hydrogen) atoms. The standard InChI is InChI=1S/C17H24N4O2/c1-20(2)17-18-9-8-14(19-17)15-12-21(10-11-23-15)16(22)13-6-4-3-5-7-13/h3-4,8-9,13,15H,5-7,10-12H2,1-2H3/t13-,15+/m0/s1. The van der Waals surface area contributed by atoms with Crippen LogP contribution in [0.5, 0.6) is 0 Å². The first kappa shape index (κ1) is 15.9. The zero-order valence-electron chi connectivity index (χ0n) is 13.8. The van der Waals surface area contributed by atoms with Gasteiger partial charge in [-0.1, -0.05) is 12.2 Å². The van der Waals surface area contributed by atoms with Crippen LogP contribution in [0.3, 0.4) is 0 Å². The minimum absolute atomic E-state index is 0.126. The van der Waals surface area contributed by atoms with Crippen LogP contribution >= 0.6 is 0 Å². The van der Waals surface area contributed by atoms with E-state index >= 15 is 0 Å². The van der Waals surface area contributed by atoms with Crippen LogP contribution < -0.4 is 4.90 Å². The Labute approximate surface area is 137 Å². The molecule has 0 aromatic carbocycles. The van der Waals surface area contributed by atoms with Gasteiger partial charge in [0.15, 0.2) is 0 Å². The number of carbonyl (C=O) groups excluding carboxylic acids is 1. The summed E-state index contributed by atoms with van der Waals surface area (Å²) in [7, 11) is 3.82. The Kier molecular flexibility index (Phi) is 4.91. The molecule has 2 atom stereocenters. The molecule has 1 aromatic heterocycles. The van der Waals surface area contributed by atoms with Crippen molar-refractivity contribution in [3.05, 3.63) is 30.1 Å². The number of allylic oxidation sites excluding steroid dienone is 2. The third kappa shape index (κ3) is 3.69. The van der Waals surface area contributed by atoms with Gasteiger partial charge >= 0.3 is 0 Å². The van der Waals surface area contributed by atoms with E-state index in [4.69, 9.17) is 4.74 Å². The predicted octanol–water partition coefficient (Wildman–Crippen LogP) is 1.80. The average molecular weight is 316 g/mol. The Morgan fingerprint density at radius 1 is 1.39 bits per heavy atom. The van der Waals surface area contributed by atoms with Gasteiger partial charge in [0.2, 0.25) is 11.9 Å². The number of amides is 1. The Balaban J connectivity index is 1.69. The summed E-state index contributed by atoms with van der Waals surface area (Å²) >= 11 is 0. The summed E-state index contributed by atoms with van der Waals surface area (Å²) in [4.78, 5) is 25.3. The summed E-state index contributed by atoms with van der Waals surface area (Å²) in [6.07, 6.45) is 8.67. The molecular formula is C17H24N4O2. The van der Waals surface area contributed by atoms with Gasteiger partial charge in [0.1, 0.15) is 6.10 Å². The van der Waals surface area contributed by atoms with Crippen LogP contribution in [-0.2, 0) is 9.53 Å². The lowest BCUT2D eigenvalue weighted by atomic mass is 9.93. The molecule has 6 nitrogen and oxygen atoms in total. The van der Waals surface area contributed by atoms with Crippen LogP contribution in [0.4, 0.5) is 5.95 Å². The van der Waals surface area contributed by atoms with Crippen LogP contribution in [0.1, 0.15) is 31.1 Å². The normalized spacial score (nSPS) is 24.5.